The highest BCUT2D eigenvalue weighted by atomic mass is 32.1. The number of nitrogens with one attached hydrogen (secondary N) is 1. The quantitative estimate of drug-likeness (QED) is 0.745. The second-order valence-corrected chi connectivity index (χ2v) is 7.18. The highest BCUT2D eigenvalue weighted by Crippen LogP contribution is 2.26. The van der Waals surface area contributed by atoms with Gasteiger partial charge in [-0.3, -0.25) is 5.32 Å². The Balaban J connectivity index is 1.78. The van der Waals surface area contributed by atoms with E-state index in [2.05, 4.69) is 51.4 Å². The van der Waals surface area contributed by atoms with E-state index in [1.165, 1.54) is 14.6 Å². The smallest absolute Gasteiger partial charge is 0.131 e. The van der Waals surface area contributed by atoms with Crippen LogP contribution < -0.4 is 5.32 Å². The standard InChI is InChI=1S/C16H19N3S2/c1-3-12-6-7-13(21-12)11-18-15(14-5-4-10-20-14)16-17-8-9-19(16)2/h4-10,15,18H,3,11H2,1-2H3. The predicted octanol–water partition coefficient (Wildman–Crippen LogP) is 3.98. The van der Waals surface area contributed by atoms with Crippen molar-refractivity contribution < 1.29 is 0 Å². The van der Waals surface area contributed by atoms with E-state index >= 15 is 0 Å². The highest BCUT2D eigenvalue weighted by Gasteiger charge is 2.18. The minimum Gasteiger partial charge on any atom is -0.336 e. The zero-order chi connectivity index (χ0) is 14.7. The van der Waals surface area contributed by atoms with Gasteiger partial charge in [-0.1, -0.05) is 13.0 Å². The first-order chi connectivity index (χ1) is 10.3. The Labute approximate surface area is 133 Å². The first-order valence-corrected chi connectivity index (χ1v) is 8.79. The Kier molecular flexibility index (Phi) is 4.53. The number of imidazole rings is 1. The third kappa shape index (κ3) is 3.26. The Hall–Kier alpha value is -1.43. The van der Waals surface area contributed by atoms with Crippen molar-refractivity contribution in [2.75, 3.05) is 0 Å². The molecule has 0 spiro atoms. The van der Waals surface area contributed by atoms with Crippen LogP contribution in [0.2, 0.25) is 0 Å². The zero-order valence-corrected chi connectivity index (χ0v) is 13.9. The van der Waals surface area contributed by atoms with Crippen LogP contribution in [0.4, 0.5) is 0 Å². The van der Waals surface area contributed by atoms with Crippen LogP contribution in [0.3, 0.4) is 0 Å². The molecule has 0 radical (unpaired) electrons. The molecule has 3 aromatic heterocycles. The Morgan fingerprint density at radius 2 is 2.14 bits per heavy atom. The summed E-state index contributed by atoms with van der Waals surface area (Å²) in [4.78, 5) is 8.64. The number of hydrogen-bond donors (Lipinski definition) is 1. The van der Waals surface area contributed by atoms with Crippen molar-refractivity contribution in [2.45, 2.75) is 25.9 Å². The molecule has 3 aromatic rings. The van der Waals surface area contributed by atoms with E-state index in [9.17, 15) is 0 Å². The Morgan fingerprint density at radius 3 is 2.76 bits per heavy atom. The largest absolute Gasteiger partial charge is 0.336 e. The highest BCUT2D eigenvalue weighted by molar-refractivity contribution is 7.12. The molecule has 5 heteroatoms. The molecular weight excluding hydrogens is 298 g/mol. The number of aromatic nitrogens is 2. The zero-order valence-electron chi connectivity index (χ0n) is 12.2. The number of thiophene rings is 2. The number of nitrogens with zero attached hydrogens (tertiary/aromatic N) is 2. The molecule has 0 fully saturated rings. The normalized spacial score (nSPS) is 12.7. The molecule has 0 saturated heterocycles. The van der Waals surface area contributed by atoms with E-state index in [0.29, 0.717) is 0 Å². The van der Waals surface area contributed by atoms with Gasteiger partial charge in [0.15, 0.2) is 0 Å². The molecule has 3 rings (SSSR count). The van der Waals surface area contributed by atoms with Gasteiger partial charge >= 0.3 is 0 Å². The van der Waals surface area contributed by atoms with Gasteiger partial charge in [-0.25, -0.2) is 4.98 Å². The van der Waals surface area contributed by atoms with Gasteiger partial charge < -0.3 is 4.57 Å². The van der Waals surface area contributed by atoms with Crippen molar-refractivity contribution in [1.82, 2.24) is 14.9 Å². The summed E-state index contributed by atoms with van der Waals surface area (Å²) in [5.41, 5.74) is 0. The lowest BCUT2D eigenvalue weighted by Crippen LogP contribution is -2.23. The molecule has 0 aliphatic heterocycles. The number of aryl methyl sites for hydroxylation is 2. The van der Waals surface area contributed by atoms with Gasteiger partial charge in [0.1, 0.15) is 11.9 Å². The van der Waals surface area contributed by atoms with Crippen molar-refractivity contribution in [3.05, 3.63) is 62.5 Å². The van der Waals surface area contributed by atoms with Crippen molar-refractivity contribution in [3.8, 4) is 0 Å². The molecule has 1 atom stereocenters. The van der Waals surface area contributed by atoms with Crippen LogP contribution in [0.25, 0.3) is 0 Å². The maximum Gasteiger partial charge on any atom is 0.131 e. The predicted molar refractivity (Wildman–Crippen MR) is 89.9 cm³/mol. The van der Waals surface area contributed by atoms with Crippen molar-refractivity contribution in [2.24, 2.45) is 7.05 Å². The van der Waals surface area contributed by atoms with Crippen LogP contribution in [0.15, 0.2) is 42.0 Å². The van der Waals surface area contributed by atoms with Gasteiger partial charge in [0, 0.05) is 40.6 Å². The van der Waals surface area contributed by atoms with E-state index in [0.717, 1.165) is 18.8 Å². The minimum atomic E-state index is 0.150. The molecule has 3 heterocycles. The molecule has 0 saturated carbocycles. The molecule has 0 bridgehead atoms. The Bertz CT molecular complexity index is 682. The fourth-order valence-corrected chi connectivity index (χ4v) is 4.04. The lowest BCUT2D eigenvalue weighted by atomic mass is 10.2. The fourth-order valence-electron chi connectivity index (χ4n) is 2.34. The van der Waals surface area contributed by atoms with E-state index in [4.69, 9.17) is 0 Å². The molecule has 110 valence electrons. The van der Waals surface area contributed by atoms with Gasteiger partial charge in [-0.2, -0.15) is 0 Å². The van der Waals surface area contributed by atoms with Crippen LogP contribution in [0.1, 0.15) is 33.4 Å². The van der Waals surface area contributed by atoms with E-state index < -0.39 is 0 Å². The average Bonchev–Trinajstić information content (AvgIpc) is 3.22. The molecule has 0 aliphatic rings. The summed E-state index contributed by atoms with van der Waals surface area (Å²) in [6.45, 7) is 3.07. The molecule has 0 amide bonds. The third-order valence-corrected chi connectivity index (χ3v) is 5.66. The van der Waals surface area contributed by atoms with Crippen molar-refractivity contribution in [3.63, 3.8) is 0 Å². The molecule has 0 aliphatic carbocycles. The minimum absolute atomic E-state index is 0.150. The molecule has 1 N–H and O–H groups in total. The molecule has 0 aromatic carbocycles. The molecule has 21 heavy (non-hydrogen) atoms. The summed E-state index contributed by atoms with van der Waals surface area (Å²) in [5.74, 6) is 1.06. The van der Waals surface area contributed by atoms with E-state index in [-0.39, 0.29) is 6.04 Å². The first-order valence-electron chi connectivity index (χ1n) is 7.09. The SMILES string of the molecule is CCc1ccc(CNC(c2cccs2)c2nccn2C)s1. The summed E-state index contributed by atoms with van der Waals surface area (Å²) in [5, 5.41) is 5.77. The van der Waals surface area contributed by atoms with Crippen molar-refractivity contribution >= 4 is 22.7 Å². The number of hydrogen-bond acceptors (Lipinski definition) is 4. The average molecular weight is 317 g/mol. The van der Waals surface area contributed by atoms with Crippen LogP contribution in [-0.2, 0) is 20.0 Å². The van der Waals surface area contributed by atoms with Gasteiger partial charge in [-0.05, 0) is 30.0 Å². The maximum atomic E-state index is 4.52. The van der Waals surface area contributed by atoms with Crippen LogP contribution in [-0.4, -0.2) is 9.55 Å². The molecule has 3 nitrogen and oxygen atoms in total. The van der Waals surface area contributed by atoms with Crippen LogP contribution in [0.5, 0.6) is 0 Å². The first kappa shape index (κ1) is 14.5. The maximum absolute atomic E-state index is 4.52. The van der Waals surface area contributed by atoms with Gasteiger partial charge in [-0.15, -0.1) is 22.7 Å². The van der Waals surface area contributed by atoms with Crippen LogP contribution in [0, 0.1) is 0 Å². The lowest BCUT2D eigenvalue weighted by Gasteiger charge is -2.17. The summed E-state index contributed by atoms with van der Waals surface area (Å²) in [7, 11) is 2.05. The second kappa shape index (κ2) is 6.56. The second-order valence-electron chi connectivity index (χ2n) is 4.95. The van der Waals surface area contributed by atoms with Crippen molar-refractivity contribution in [1.29, 1.82) is 0 Å². The topological polar surface area (TPSA) is 29.9 Å². The summed E-state index contributed by atoms with van der Waals surface area (Å²) in [6.07, 6.45) is 4.97. The van der Waals surface area contributed by atoms with Gasteiger partial charge in [0.25, 0.3) is 0 Å². The van der Waals surface area contributed by atoms with Gasteiger partial charge in [0.2, 0.25) is 0 Å². The number of rotatable bonds is 6. The lowest BCUT2D eigenvalue weighted by molar-refractivity contribution is 0.568. The van der Waals surface area contributed by atoms with Gasteiger partial charge in [0.05, 0.1) is 0 Å². The Morgan fingerprint density at radius 1 is 1.29 bits per heavy atom. The van der Waals surface area contributed by atoms with E-state index in [1.807, 2.05) is 30.8 Å². The summed E-state index contributed by atoms with van der Waals surface area (Å²) >= 11 is 3.66. The molecular formula is C16H19N3S2. The monoisotopic (exact) mass is 317 g/mol. The summed E-state index contributed by atoms with van der Waals surface area (Å²) < 4.78 is 2.09. The van der Waals surface area contributed by atoms with E-state index in [1.54, 1.807) is 11.3 Å². The third-order valence-electron chi connectivity index (χ3n) is 3.49. The van der Waals surface area contributed by atoms with Crippen LogP contribution >= 0.6 is 22.7 Å². The summed E-state index contributed by atoms with van der Waals surface area (Å²) in [6, 6.07) is 8.86. The molecule has 1 unspecified atom stereocenters. The fraction of sp³-hybridized carbons (Fsp3) is 0.312.